The van der Waals surface area contributed by atoms with Gasteiger partial charge in [-0.05, 0) is 44.4 Å². The number of hydrogen-bond acceptors (Lipinski definition) is 6. The molecule has 1 rings (SSSR count). The van der Waals surface area contributed by atoms with E-state index in [1.807, 2.05) is 0 Å². The number of rotatable bonds is 11. The Balaban J connectivity index is 2.60. The van der Waals surface area contributed by atoms with Gasteiger partial charge in [0, 0.05) is 12.7 Å². The summed E-state index contributed by atoms with van der Waals surface area (Å²) in [5, 5.41) is 19.2. The minimum absolute atomic E-state index is 0.0468. The number of carbonyl (C=O) groups excluding carboxylic acids is 1. The first-order valence-corrected chi connectivity index (χ1v) is 8.41. The highest BCUT2D eigenvalue weighted by Crippen LogP contribution is 2.24. The first-order chi connectivity index (χ1) is 12.0. The maximum atomic E-state index is 11.6. The fraction of sp³-hybridized carbons (Fsp3) is 0.526. The van der Waals surface area contributed by atoms with Crippen LogP contribution in [0, 0.1) is 0 Å². The summed E-state index contributed by atoms with van der Waals surface area (Å²) in [5.41, 5.74) is 1.27. The van der Waals surface area contributed by atoms with Crippen molar-refractivity contribution in [2.24, 2.45) is 0 Å². The molecule has 0 unspecified atom stereocenters. The second kappa shape index (κ2) is 11.6. The van der Waals surface area contributed by atoms with Crippen LogP contribution in [0.15, 0.2) is 35.9 Å². The molecule has 0 saturated heterocycles. The molecule has 1 aromatic rings. The highest BCUT2D eigenvalue weighted by molar-refractivity contribution is 5.87. The SMILES string of the molecule is CCOC(=O)/C(C)=C/CC[C@@H](OC)[C@H](O)c1ccc(OCCO)cc1. The molecule has 0 radical (unpaired) electrons. The molecular weight excluding hydrogens is 324 g/mol. The zero-order chi connectivity index (χ0) is 18.7. The molecule has 0 aliphatic carbocycles. The van der Waals surface area contributed by atoms with Crippen molar-refractivity contribution in [2.75, 3.05) is 26.9 Å². The fourth-order valence-electron chi connectivity index (χ4n) is 2.34. The van der Waals surface area contributed by atoms with Crippen molar-refractivity contribution in [1.29, 1.82) is 0 Å². The molecule has 2 atom stereocenters. The molecule has 0 heterocycles. The van der Waals surface area contributed by atoms with E-state index in [4.69, 9.17) is 19.3 Å². The summed E-state index contributed by atoms with van der Waals surface area (Å²) in [7, 11) is 1.55. The van der Waals surface area contributed by atoms with Crippen LogP contribution in [0.4, 0.5) is 0 Å². The van der Waals surface area contributed by atoms with Gasteiger partial charge in [-0.3, -0.25) is 0 Å². The van der Waals surface area contributed by atoms with E-state index in [0.29, 0.717) is 36.3 Å². The molecule has 6 nitrogen and oxygen atoms in total. The Morgan fingerprint density at radius 3 is 2.52 bits per heavy atom. The van der Waals surface area contributed by atoms with Crippen LogP contribution in [-0.2, 0) is 14.3 Å². The maximum Gasteiger partial charge on any atom is 0.333 e. The van der Waals surface area contributed by atoms with E-state index in [0.717, 1.165) is 0 Å². The van der Waals surface area contributed by atoms with Gasteiger partial charge >= 0.3 is 5.97 Å². The van der Waals surface area contributed by atoms with Crippen LogP contribution in [0.5, 0.6) is 5.75 Å². The molecule has 0 aliphatic heterocycles. The van der Waals surface area contributed by atoms with E-state index in [-0.39, 0.29) is 19.2 Å². The summed E-state index contributed by atoms with van der Waals surface area (Å²) < 4.78 is 15.6. The predicted molar refractivity (Wildman–Crippen MR) is 94.4 cm³/mol. The number of hydrogen-bond donors (Lipinski definition) is 2. The Labute approximate surface area is 149 Å². The molecule has 0 amide bonds. The van der Waals surface area contributed by atoms with Gasteiger partial charge in [-0.1, -0.05) is 18.2 Å². The van der Waals surface area contributed by atoms with Gasteiger partial charge in [-0.2, -0.15) is 0 Å². The van der Waals surface area contributed by atoms with Gasteiger partial charge in [-0.25, -0.2) is 4.79 Å². The number of aliphatic hydroxyl groups excluding tert-OH is 2. The van der Waals surface area contributed by atoms with Crippen molar-refractivity contribution < 1.29 is 29.2 Å². The van der Waals surface area contributed by atoms with Crippen LogP contribution in [0.1, 0.15) is 38.4 Å². The smallest absolute Gasteiger partial charge is 0.333 e. The molecule has 0 bridgehead atoms. The van der Waals surface area contributed by atoms with Gasteiger partial charge in [0.05, 0.1) is 19.3 Å². The minimum Gasteiger partial charge on any atom is -0.491 e. The maximum absolute atomic E-state index is 11.6. The van der Waals surface area contributed by atoms with Gasteiger partial charge in [0.15, 0.2) is 0 Å². The fourth-order valence-corrected chi connectivity index (χ4v) is 2.34. The van der Waals surface area contributed by atoms with Crippen LogP contribution in [0.3, 0.4) is 0 Å². The standard InChI is InChI=1S/C19H28O6/c1-4-24-19(22)14(2)6-5-7-17(23-3)18(21)15-8-10-16(11-9-15)25-13-12-20/h6,8-11,17-18,20-21H,4-5,7,12-13H2,1-3H3/b14-6+/t17-,18-/m1/s1. The van der Waals surface area contributed by atoms with Crippen molar-refractivity contribution in [2.45, 2.75) is 38.9 Å². The highest BCUT2D eigenvalue weighted by atomic mass is 16.5. The Morgan fingerprint density at radius 2 is 1.96 bits per heavy atom. The van der Waals surface area contributed by atoms with Crippen LogP contribution in [0.25, 0.3) is 0 Å². The zero-order valence-electron chi connectivity index (χ0n) is 15.1. The third kappa shape index (κ3) is 7.25. The van der Waals surface area contributed by atoms with Crippen LogP contribution >= 0.6 is 0 Å². The monoisotopic (exact) mass is 352 g/mol. The zero-order valence-corrected chi connectivity index (χ0v) is 15.1. The van der Waals surface area contributed by atoms with E-state index in [1.165, 1.54) is 0 Å². The third-order valence-electron chi connectivity index (χ3n) is 3.74. The van der Waals surface area contributed by atoms with Crippen molar-refractivity contribution >= 4 is 5.97 Å². The lowest BCUT2D eigenvalue weighted by molar-refractivity contribution is -0.138. The molecule has 0 spiro atoms. The van der Waals surface area contributed by atoms with Gasteiger partial charge in [0.25, 0.3) is 0 Å². The Morgan fingerprint density at radius 1 is 1.28 bits per heavy atom. The Kier molecular flexibility index (Phi) is 9.84. The average molecular weight is 352 g/mol. The molecule has 0 fully saturated rings. The van der Waals surface area contributed by atoms with E-state index in [2.05, 4.69) is 0 Å². The summed E-state index contributed by atoms with van der Waals surface area (Å²) in [5.74, 6) is 0.308. The number of aliphatic hydroxyl groups is 2. The molecule has 0 aromatic heterocycles. The van der Waals surface area contributed by atoms with Crippen LogP contribution < -0.4 is 4.74 Å². The number of ether oxygens (including phenoxy) is 3. The number of carbonyl (C=O) groups is 1. The Hall–Kier alpha value is -1.89. The second-order valence-corrected chi connectivity index (χ2v) is 5.55. The second-order valence-electron chi connectivity index (χ2n) is 5.55. The van der Waals surface area contributed by atoms with Gasteiger partial charge in [0.2, 0.25) is 0 Å². The number of methoxy groups -OCH3 is 1. The van der Waals surface area contributed by atoms with Crippen LogP contribution in [0.2, 0.25) is 0 Å². The first kappa shape index (κ1) is 21.2. The minimum atomic E-state index is -0.784. The summed E-state index contributed by atoms with van der Waals surface area (Å²) in [4.78, 5) is 11.6. The van der Waals surface area contributed by atoms with Crippen LogP contribution in [-0.4, -0.2) is 49.2 Å². The lowest BCUT2D eigenvalue weighted by atomic mass is 10.00. The molecule has 2 N–H and O–H groups in total. The average Bonchev–Trinajstić information content (AvgIpc) is 2.63. The number of esters is 1. The number of benzene rings is 1. The lowest BCUT2D eigenvalue weighted by Gasteiger charge is -2.21. The predicted octanol–water partition coefficient (Wildman–Crippen LogP) is 2.40. The topological polar surface area (TPSA) is 85.2 Å². The van der Waals surface area contributed by atoms with Crippen molar-refractivity contribution in [3.05, 3.63) is 41.5 Å². The van der Waals surface area contributed by atoms with Gasteiger partial charge in [0.1, 0.15) is 18.5 Å². The summed E-state index contributed by atoms with van der Waals surface area (Å²) >= 11 is 0. The normalized spacial score (nSPS) is 14.0. The quantitative estimate of drug-likeness (QED) is 0.470. The van der Waals surface area contributed by atoms with E-state index in [1.54, 1.807) is 51.3 Å². The van der Waals surface area contributed by atoms with Gasteiger partial charge < -0.3 is 24.4 Å². The molecule has 0 saturated carbocycles. The first-order valence-electron chi connectivity index (χ1n) is 8.41. The van der Waals surface area contributed by atoms with Crippen molar-refractivity contribution in [1.82, 2.24) is 0 Å². The van der Waals surface area contributed by atoms with Crippen molar-refractivity contribution in [3.8, 4) is 5.75 Å². The summed E-state index contributed by atoms with van der Waals surface area (Å²) in [6.07, 6.45) is 1.78. The number of allylic oxidation sites excluding steroid dienone is 1. The highest BCUT2D eigenvalue weighted by Gasteiger charge is 2.20. The van der Waals surface area contributed by atoms with E-state index >= 15 is 0 Å². The summed E-state index contributed by atoms with van der Waals surface area (Å²) in [6.45, 7) is 4.01. The molecule has 140 valence electrons. The lowest BCUT2D eigenvalue weighted by Crippen LogP contribution is -2.20. The molecule has 6 heteroatoms. The van der Waals surface area contributed by atoms with Gasteiger partial charge in [-0.15, -0.1) is 0 Å². The Bertz CT molecular complexity index is 537. The van der Waals surface area contributed by atoms with Crippen molar-refractivity contribution in [3.63, 3.8) is 0 Å². The van der Waals surface area contributed by atoms with E-state index < -0.39 is 12.2 Å². The molecule has 25 heavy (non-hydrogen) atoms. The molecule has 0 aliphatic rings. The summed E-state index contributed by atoms with van der Waals surface area (Å²) in [6, 6.07) is 7.02. The third-order valence-corrected chi connectivity index (χ3v) is 3.74. The molecular formula is C19H28O6. The largest absolute Gasteiger partial charge is 0.491 e. The molecule has 1 aromatic carbocycles. The van der Waals surface area contributed by atoms with E-state index in [9.17, 15) is 9.90 Å².